The summed E-state index contributed by atoms with van der Waals surface area (Å²) in [6.45, 7) is 7.07. The van der Waals surface area contributed by atoms with Crippen molar-refractivity contribution in [1.29, 1.82) is 0 Å². The van der Waals surface area contributed by atoms with E-state index in [0.29, 0.717) is 12.8 Å². The summed E-state index contributed by atoms with van der Waals surface area (Å²) < 4.78 is 13.3. The van der Waals surface area contributed by atoms with E-state index in [1.54, 1.807) is 0 Å². The summed E-state index contributed by atoms with van der Waals surface area (Å²) in [5.74, 6) is -0.0527. The van der Waals surface area contributed by atoms with Gasteiger partial charge in [-0.3, -0.25) is 4.79 Å². The summed E-state index contributed by atoms with van der Waals surface area (Å²) in [4.78, 5) is 11.2. The first kappa shape index (κ1) is 9.43. The maximum Gasteiger partial charge on any atom is 0.170 e. The minimum absolute atomic E-state index is 0.210. The molecule has 1 aliphatic carbocycles. The molecule has 1 nitrogen and oxygen atoms in total. The zero-order valence-electron chi connectivity index (χ0n) is 7.69. The Morgan fingerprint density at radius 2 is 2.33 bits per heavy atom. The molecule has 0 radical (unpaired) electrons. The fourth-order valence-electron chi connectivity index (χ4n) is 1.54. The highest BCUT2D eigenvalue weighted by Gasteiger charge is 2.38. The standard InChI is InChI=1S/C10H15FO/c1-7(2)8-4-5-10(3,11)9(12)6-8/h8H,1,4-6H2,2-3H3/t8-,10+/m1/s1. The van der Waals surface area contributed by atoms with Gasteiger partial charge in [0.1, 0.15) is 0 Å². The van der Waals surface area contributed by atoms with E-state index in [9.17, 15) is 9.18 Å². The van der Waals surface area contributed by atoms with Crippen molar-refractivity contribution in [3.8, 4) is 0 Å². The molecule has 12 heavy (non-hydrogen) atoms. The van der Waals surface area contributed by atoms with Crippen LogP contribution in [-0.4, -0.2) is 11.5 Å². The molecule has 0 aromatic carbocycles. The second-order valence-corrected chi connectivity index (χ2v) is 3.91. The molecule has 1 fully saturated rings. The van der Waals surface area contributed by atoms with Crippen LogP contribution in [0.25, 0.3) is 0 Å². The lowest BCUT2D eigenvalue weighted by Gasteiger charge is -2.29. The van der Waals surface area contributed by atoms with Gasteiger partial charge in [0, 0.05) is 6.42 Å². The van der Waals surface area contributed by atoms with Crippen LogP contribution in [0.3, 0.4) is 0 Å². The van der Waals surface area contributed by atoms with Crippen LogP contribution < -0.4 is 0 Å². The fourth-order valence-corrected chi connectivity index (χ4v) is 1.54. The monoisotopic (exact) mass is 170 g/mol. The smallest absolute Gasteiger partial charge is 0.170 e. The minimum Gasteiger partial charge on any atom is -0.296 e. The lowest BCUT2D eigenvalue weighted by molar-refractivity contribution is -0.133. The summed E-state index contributed by atoms with van der Waals surface area (Å²) in [7, 11) is 0. The first-order valence-corrected chi connectivity index (χ1v) is 4.31. The molecule has 1 saturated carbocycles. The maximum absolute atomic E-state index is 13.3. The number of Topliss-reactive ketones (excluding diaryl/α,β-unsaturated/α-hetero) is 1. The van der Waals surface area contributed by atoms with Crippen molar-refractivity contribution < 1.29 is 9.18 Å². The SMILES string of the molecule is C=C(C)[C@@H]1CC[C@](C)(F)C(=O)C1. The van der Waals surface area contributed by atoms with E-state index in [1.165, 1.54) is 6.92 Å². The third-order valence-electron chi connectivity index (χ3n) is 2.67. The second-order valence-electron chi connectivity index (χ2n) is 3.91. The molecule has 1 rings (SSSR count). The first-order chi connectivity index (χ1) is 5.43. The van der Waals surface area contributed by atoms with E-state index in [0.717, 1.165) is 12.0 Å². The van der Waals surface area contributed by atoms with E-state index >= 15 is 0 Å². The van der Waals surface area contributed by atoms with Gasteiger partial charge in [-0.15, -0.1) is 0 Å². The average molecular weight is 170 g/mol. The van der Waals surface area contributed by atoms with Crippen molar-refractivity contribution in [3.05, 3.63) is 12.2 Å². The molecular formula is C10H15FO. The van der Waals surface area contributed by atoms with Gasteiger partial charge in [0.15, 0.2) is 11.5 Å². The number of halogens is 1. The van der Waals surface area contributed by atoms with Crippen molar-refractivity contribution in [3.63, 3.8) is 0 Å². The van der Waals surface area contributed by atoms with Crippen LogP contribution in [0.1, 0.15) is 33.1 Å². The van der Waals surface area contributed by atoms with Crippen LogP contribution in [-0.2, 0) is 4.79 Å². The van der Waals surface area contributed by atoms with Crippen LogP contribution in [0, 0.1) is 5.92 Å². The van der Waals surface area contributed by atoms with Crippen molar-refractivity contribution >= 4 is 5.78 Å². The molecule has 0 bridgehead atoms. The Morgan fingerprint density at radius 1 is 1.75 bits per heavy atom. The number of rotatable bonds is 1. The van der Waals surface area contributed by atoms with E-state index in [1.807, 2.05) is 6.92 Å². The van der Waals surface area contributed by atoms with Gasteiger partial charge >= 0.3 is 0 Å². The fraction of sp³-hybridized carbons (Fsp3) is 0.700. The van der Waals surface area contributed by atoms with E-state index < -0.39 is 5.67 Å². The highest BCUT2D eigenvalue weighted by Crippen LogP contribution is 2.34. The van der Waals surface area contributed by atoms with Crippen LogP contribution in [0.15, 0.2) is 12.2 Å². The number of hydrogen-bond donors (Lipinski definition) is 0. The van der Waals surface area contributed by atoms with E-state index in [4.69, 9.17) is 0 Å². The summed E-state index contributed by atoms with van der Waals surface area (Å²) in [5, 5.41) is 0. The molecule has 0 aromatic heterocycles. The summed E-state index contributed by atoms with van der Waals surface area (Å²) in [6, 6.07) is 0. The second kappa shape index (κ2) is 3.00. The molecule has 2 heteroatoms. The molecule has 0 unspecified atom stereocenters. The van der Waals surface area contributed by atoms with Gasteiger partial charge in [0.25, 0.3) is 0 Å². The van der Waals surface area contributed by atoms with Gasteiger partial charge in [-0.05, 0) is 32.6 Å². The largest absolute Gasteiger partial charge is 0.296 e. The molecule has 0 spiro atoms. The normalized spacial score (nSPS) is 36.6. The summed E-state index contributed by atoms with van der Waals surface area (Å²) >= 11 is 0. The molecule has 0 aliphatic heterocycles. The third kappa shape index (κ3) is 1.74. The van der Waals surface area contributed by atoms with Crippen LogP contribution >= 0.6 is 0 Å². The van der Waals surface area contributed by atoms with Crippen LogP contribution in [0.5, 0.6) is 0 Å². The van der Waals surface area contributed by atoms with Gasteiger partial charge in [-0.25, -0.2) is 4.39 Å². The number of allylic oxidation sites excluding steroid dienone is 1. The van der Waals surface area contributed by atoms with E-state index in [2.05, 4.69) is 6.58 Å². The Balaban J connectivity index is 2.64. The number of alkyl halides is 1. The number of ketones is 1. The topological polar surface area (TPSA) is 17.1 Å². The highest BCUT2D eigenvalue weighted by atomic mass is 19.1. The molecule has 1 aliphatic rings. The molecule has 2 atom stereocenters. The Kier molecular flexibility index (Phi) is 2.36. The molecule has 0 heterocycles. The van der Waals surface area contributed by atoms with Crippen molar-refractivity contribution in [2.75, 3.05) is 0 Å². The Bertz CT molecular complexity index is 218. The third-order valence-corrected chi connectivity index (χ3v) is 2.67. The summed E-state index contributed by atoms with van der Waals surface area (Å²) in [6.07, 6.45) is 1.44. The average Bonchev–Trinajstić information content (AvgIpc) is 1.94. The van der Waals surface area contributed by atoms with Gasteiger partial charge in [-0.1, -0.05) is 12.2 Å². The zero-order valence-corrected chi connectivity index (χ0v) is 7.69. The first-order valence-electron chi connectivity index (χ1n) is 4.31. The molecule has 0 saturated heterocycles. The molecule has 68 valence electrons. The quantitative estimate of drug-likeness (QED) is 0.553. The molecule has 0 aromatic rings. The lowest BCUT2D eigenvalue weighted by Crippen LogP contribution is -2.36. The predicted molar refractivity (Wildman–Crippen MR) is 46.7 cm³/mol. The van der Waals surface area contributed by atoms with Crippen molar-refractivity contribution in [1.82, 2.24) is 0 Å². The number of hydrogen-bond acceptors (Lipinski definition) is 1. The minimum atomic E-state index is -1.58. The van der Waals surface area contributed by atoms with Crippen LogP contribution in [0.2, 0.25) is 0 Å². The van der Waals surface area contributed by atoms with Gasteiger partial charge in [0.05, 0.1) is 0 Å². The Morgan fingerprint density at radius 3 is 2.75 bits per heavy atom. The Hall–Kier alpha value is -0.660. The van der Waals surface area contributed by atoms with Crippen LogP contribution in [0.4, 0.5) is 4.39 Å². The van der Waals surface area contributed by atoms with Crippen molar-refractivity contribution in [2.45, 2.75) is 38.8 Å². The number of carbonyl (C=O) groups is 1. The number of carbonyl (C=O) groups excluding carboxylic acids is 1. The highest BCUT2D eigenvalue weighted by molar-refractivity contribution is 5.87. The molecule has 0 N–H and O–H groups in total. The van der Waals surface area contributed by atoms with Gasteiger partial charge in [-0.2, -0.15) is 0 Å². The molecular weight excluding hydrogens is 155 g/mol. The maximum atomic E-state index is 13.3. The van der Waals surface area contributed by atoms with E-state index in [-0.39, 0.29) is 11.7 Å². The summed E-state index contributed by atoms with van der Waals surface area (Å²) in [5.41, 5.74) is -0.578. The van der Waals surface area contributed by atoms with Gasteiger partial charge < -0.3 is 0 Å². The predicted octanol–water partition coefficient (Wildman–Crippen LogP) is 2.66. The van der Waals surface area contributed by atoms with Gasteiger partial charge in [0.2, 0.25) is 0 Å². The zero-order chi connectivity index (χ0) is 9.35. The lowest BCUT2D eigenvalue weighted by atomic mass is 9.77. The molecule has 0 amide bonds. The van der Waals surface area contributed by atoms with Crippen molar-refractivity contribution in [2.24, 2.45) is 5.92 Å². The Labute approximate surface area is 72.7 Å².